The van der Waals surface area contributed by atoms with E-state index in [4.69, 9.17) is 4.74 Å². The molecule has 122 valence electrons. The van der Waals surface area contributed by atoms with Crippen molar-refractivity contribution in [2.24, 2.45) is 5.92 Å². The number of H-pyrrole nitrogens is 1. The average Bonchev–Trinajstić information content (AvgIpc) is 3.10. The molecule has 1 aromatic carbocycles. The number of amides is 1. The lowest BCUT2D eigenvalue weighted by molar-refractivity contribution is -0.143. The van der Waals surface area contributed by atoms with Gasteiger partial charge in [-0.1, -0.05) is 0 Å². The van der Waals surface area contributed by atoms with Crippen LogP contribution in [0, 0.1) is 5.92 Å². The lowest BCUT2D eigenvalue weighted by atomic mass is 10.0. The summed E-state index contributed by atoms with van der Waals surface area (Å²) in [4.78, 5) is 28.6. The number of likely N-dealkylation sites (tertiary alicyclic amines) is 1. The molecule has 1 aliphatic heterocycles. The zero-order valence-electron chi connectivity index (χ0n) is 13.2. The SMILES string of the molecule is COc1ccc2[nH]cc(CC(=O)N3CCC(C(=O)O)C3C)c2c1. The molecular formula is C17H20N2O4. The van der Waals surface area contributed by atoms with E-state index in [1.807, 2.05) is 31.3 Å². The second-order valence-electron chi connectivity index (χ2n) is 5.96. The smallest absolute Gasteiger partial charge is 0.308 e. The van der Waals surface area contributed by atoms with Gasteiger partial charge in [0.2, 0.25) is 5.91 Å². The summed E-state index contributed by atoms with van der Waals surface area (Å²) in [5, 5.41) is 10.1. The number of carboxylic acid groups (broad SMARTS) is 1. The number of aromatic nitrogens is 1. The fourth-order valence-electron chi connectivity index (χ4n) is 3.32. The maximum Gasteiger partial charge on any atom is 0.308 e. The number of aromatic amines is 1. The number of carbonyl (C=O) groups is 2. The summed E-state index contributed by atoms with van der Waals surface area (Å²) in [6.45, 7) is 2.31. The molecule has 0 radical (unpaired) electrons. The number of nitrogens with one attached hydrogen (secondary N) is 1. The number of methoxy groups -OCH3 is 1. The third kappa shape index (κ3) is 2.76. The molecular weight excluding hydrogens is 296 g/mol. The maximum atomic E-state index is 12.6. The third-order valence-electron chi connectivity index (χ3n) is 4.71. The Kier molecular flexibility index (Phi) is 3.98. The molecule has 2 unspecified atom stereocenters. The number of aliphatic carboxylic acids is 1. The minimum Gasteiger partial charge on any atom is -0.497 e. The largest absolute Gasteiger partial charge is 0.497 e. The number of hydrogen-bond acceptors (Lipinski definition) is 3. The van der Waals surface area contributed by atoms with E-state index in [9.17, 15) is 14.7 Å². The second kappa shape index (κ2) is 5.95. The Bertz CT molecular complexity index is 752. The summed E-state index contributed by atoms with van der Waals surface area (Å²) in [5.41, 5.74) is 1.85. The zero-order valence-corrected chi connectivity index (χ0v) is 13.2. The summed E-state index contributed by atoms with van der Waals surface area (Å²) in [7, 11) is 1.61. The Hall–Kier alpha value is -2.50. The molecule has 1 aromatic heterocycles. The van der Waals surface area contributed by atoms with Crippen LogP contribution < -0.4 is 4.74 Å². The number of rotatable bonds is 4. The zero-order chi connectivity index (χ0) is 16.6. The van der Waals surface area contributed by atoms with Gasteiger partial charge in [0.25, 0.3) is 0 Å². The molecule has 1 amide bonds. The van der Waals surface area contributed by atoms with Crippen molar-refractivity contribution < 1.29 is 19.4 Å². The van der Waals surface area contributed by atoms with Crippen LogP contribution in [0.2, 0.25) is 0 Å². The van der Waals surface area contributed by atoms with E-state index in [1.54, 1.807) is 12.0 Å². The van der Waals surface area contributed by atoms with Crippen LogP contribution in [0.3, 0.4) is 0 Å². The van der Waals surface area contributed by atoms with Gasteiger partial charge in [-0.15, -0.1) is 0 Å². The Balaban J connectivity index is 1.79. The van der Waals surface area contributed by atoms with Gasteiger partial charge in [-0.2, -0.15) is 0 Å². The van der Waals surface area contributed by atoms with Gasteiger partial charge < -0.3 is 19.7 Å². The average molecular weight is 316 g/mol. The number of fused-ring (bicyclic) bond motifs is 1. The van der Waals surface area contributed by atoms with Crippen molar-refractivity contribution in [1.82, 2.24) is 9.88 Å². The van der Waals surface area contributed by atoms with Crippen LogP contribution in [0.5, 0.6) is 5.75 Å². The number of carboxylic acids is 1. The van der Waals surface area contributed by atoms with Gasteiger partial charge in [0, 0.05) is 29.7 Å². The highest BCUT2D eigenvalue weighted by Gasteiger charge is 2.37. The first-order valence-electron chi connectivity index (χ1n) is 7.67. The van der Waals surface area contributed by atoms with Gasteiger partial charge in [0.1, 0.15) is 5.75 Å². The first-order chi connectivity index (χ1) is 11.0. The highest BCUT2D eigenvalue weighted by Crippen LogP contribution is 2.27. The molecule has 1 saturated heterocycles. The third-order valence-corrected chi connectivity index (χ3v) is 4.71. The van der Waals surface area contributed by atoms with Crippen molar-refractivity contribution in [2.75, 3.05) is 13.7 Å². The number of carbonyl (C=O) groups excluding carboxylic acids is 1. The molecule has 2 N–H and O–H groups in total. The summed E-state index contributed by atoms with van der Waals surface area (Å²) >= 11 is 0. The van der Waals surface area contributed by atoms with Crippen LogP contribution >= 0.6 is 0 Å². The predicted molar refractivity (Wildman–Crippen MR) is 85.5 cm³/mol. The summed E-state index contributed by atoms with van der Waals surface area (Å²) in [6.07, 6.45) is 2.60. The van der Waals surface area contributed by atoms with Crippen molar-refractivity contribution in [3.05, 3.63) is 30.0 Å². The molecule has 0 saturated carbocycles. The van der Waals surface area contributed by atoms with Crippen molar-refractivity contribution in [1.29, 1.82) is 0 Å². The Morgan fingerprint density at radius 2 is 2.22 bits per heavy atom. The number of ether oxygens (including phenoxy) is 1. The normalized spacial score (nSPS) is 20.9. The molecule has 2 aromatic rings. The van der Waals surface area contributed by atoms with Gasteiger partial charge in [-0.3, -0.25) is 9.59 Å². The van der Waals surface area contributed by atoms with Crippen LogP contribution in [0.15, 0.2) is 24.4 Å². The Morgan fingerprint density at radius 3 is 2.87 bits per heavy atom. The molecule has 0 bridgehead atoms. The number of benzene rings is 1. The van der Waals surface area contributed by atoms with Gasteiger partial charge in [0.05, 0.1) is 19.4 Å². The molecule has 6 heteroatoms. The fourth-order valence-corrected chi connectivity index (χ4v) is 3.32. The van der Waals surface area contributed by atoms with Gasteiger partial charge in [-0.25, -0.2) is 0 Å². The first kappa shape index (κ1) is 15.4. The quantitative estimate of drug-likeness (QED) is 0.904. The summed E-state index contributed by atoms with van der Waals surface area (Å²) < 4.78 is 5.23. The number of hydrogen-bond donors (Lipinski definition) is 2. The standard InChI is InChI=1S/C17H20N2O4/c1-10-13(17(21)22)5-6-19(10)16(20)7-11-9-18-15-4-3-12(23-2)8-14(11)15/h3-4,8-10,13,18H,5-7H2,1-2H3,(H,21,22). The minimum absolute atomic E-state index is 0.0371. The monoisotopic (exact) mass is 316 g/mol. The molecule has 1 aliphatic rings. The van der Waals surface area contributed by atoms with Gasteiger partial charge >= 0.3 is 5.97 Å². The maximum absolute atomic E-state index is 12.6. The van der Waals surface area contributed by atoms with E-state index in [0.717, 1.165) is 22.2 Å². The van der Waals surface area contributed by atoms with Crippen LogP contribution in [0.4, 0.5) is 0 Å². The fraction of sp³-hybridized carbons (Fsp3) is 0.412. The highest BCUT2D eigenvalue weighted by atomic mass is 16.5. The van der Waals surface area contributed by atoms with Crippen LogP contribution in [-0.4, -0.2) is 46.6 Å². The van der Waals surface area contributed by atoms with E-state index >= 15 is 0 Å². The Morgan fingerprint density at radius 1 is 1.43 bits per heavy atom. The lowest BCUT2D eigenvalue weighted by Crippen LogP contribution is -2.38. The van der Waals surface area contributed by atoms with E-state index in [0.29, 0.717) is 13.0 Å². The van der Waals surface area contributed by atoms with E-state index < -0.39 is 11.9 Å². The molecule has 2 heterocycles. The molecule has 0 aliphatic carbocycles. The van der Waals surface area contributed by atoms with Crippen molar-refractivity contribution in [2.45, 2.75) is 25.8 Å². The van der Waals surface area contributed by atoms with Crippen molar-refractivity contribution >= 4 is 22.8 Å². The number of nitrogens with zero attached hydrogens (tertiary/aromatic N) is 1. The van der Waals surface area contributed by atoms with E-state index in [-0.39, 0.29) is 18.4 Å². The summed E-state index contributed by atoms with van der Waals surface area (Å²) in [5.74, 6) is -0.595. The molecule has 1 fully saturated rings. The van der Waals surface area contributed by atoms with E-state index in [2.05, 4.69) is 4.98 Å². The molecule has 3 rings (SSSR count). The predicted octanol–water partition coefficient (Wildman–Crippen LogP) is 2.04. The Labute approximate surface area is 134 Å². The minimum atomic E-state index is -0.829. The van der Waals surface area contributed by atoms with Crippen LogP contribution in [-0.2, 0) is 16.0 Å². The van der Waals surface area contributed by atoms with Crippen molar-refractivity contribution in [3.63, 3.8) is 0 Å². The molecule has 6 nitrogen and oxygen atoms in total. The van der Waals surface area contributed by atoms with E-state index in [1.165, 1.54) is 0 Å². The first-order valence-corrected chi connectivity index (χ1v) is 7.67. The molecule has 23 heavy (non-hydrogen) atoms. The topological polar surface area (TPSA) is 82.6 Å². The summed E-state index contributed by atoms with van der Waals surface area (Å²) in [6, 6.07) is 5.42. The van der Waals surface area contributed by atoms with Gasteiger partial charge in [0.15, 0.2) is 0 Å². The van der Waals surface area contributed by atoms with Crippen LogP contribution in [0.1, 0.15) is 18.9 Å². The second-order valence-corrected chi connectivity index (χ2v) is 5.96. The highest BCUT2D eigenvalue weighted by molar-refractivity contribution is 5.90. The van der Waals surface area contributed by atoms with Crippen LogP contribution in [0.25, 0.3) is 10.9 Å². The van der Waals surface area contributed by atoms with Crippen molar-refractivity contribution in [3.8, 4) is 5.75 Å². The molecule has 0 spiro atoms. The lowest BCUT2D eigenvalue weighted by Gasteiger charge is -2.23. The molecule has 2 atom stereocenters. The van der Waals surface area contributed by atoms with Gasteiger partial charge in [-0.05, 0) is 37.1 Å².